The van der Waals surface area contributed by atoms with E-state index in [4.69, 9.17) is 0 Å². The lowest BCUT2D eigenvalue weighted by atomic mass is 10.0. The zero-order valence-electron chi connectivity index (χ0n) is 13.6. The molecule has 120 valence electrons. The van der Waals surface area contributed by atoms with Gasteiger partial charge in [-0.3, -0.25) is 4.79 Å². The van der Waals surface area contributed by atoms with Crippen molar-refractivity contribution in [2.24, 2.45) is 5.92 Å². The summed E-state index contributed by atoms with van der Waals surface area (Å²) in [5.74, 6) is 2.45. The first-order valence-electron chi connectivity index (χ1n) is 8.07. The van der Waals surface area contributed by atoms with Crippen LogP contribution in [0, 0.1) is 5.92 Å². The third-order valence-corrected chi connectivity index (χ3v) is 4.18. The number of anilines is 3. The molecule has 0 spiro atoms. The summed E-state index contributed by atoms with van der Waals surface area (Å²) >= 11 is 0. The zero-order chi connectivity index (χ0) is 16.2. The molecule has 5 nitrogen and oxygen atoms in total. The molecule has 1 aliphatic rings. The summed E-state index contributed by atoms with van der Waals surface area (Å²) in [5.41, 5.74) is 1.54. The summed E-state index contributed by atoms with van der Waals surface area (Å²) < 4.78 is 0. The van der Waals surface area contributed by atoms with Crippen LogP contribution in [-0.4, -0.2) is 28.8 Å². The SMILES string of the molecule is CC(=O)c1cccc(Nc2cc(N3CCCC(C)C3)ncn2)c1. The molecule has 1 aliphatic heterocycles. The lowest BCUT2D eigenvalue weighted by Crippen LogP contribution is -2.34. The molecule has 1 atom stereocenters. The second-order valence-electron chi connectivity index (χ2n) is 6.22. The Bertz CT molecular complexity index is 701. The Hall–Kier alpha value is -2.43. The van der Waals surface area contributed by atoms with Crippen molar-refractivity contribution in [1.82, 2.24) is 9.97 Å². The maximum atomic E-state index is 11.5. The molecule has 0 aliphatic carbocycles. The van der Waals surface area contributed by atoms with Crippen molar-refractivity contribution in [2.75, 3.05) is 23.3 Å². The maximum Gasteiger partial charge on any atom is 0.159 e. The lowest BCUT2D eigenvalue weighted by molar-refractivity contribution is 0.101. The number of nitrogens with one attached hydrogen (secondary N) is 1. The number of nitrogens with zero attached hydrogens (tertiary/aromatic N) is 3. The van der Waals surface area contributed by atoms with Gasteiger partial charge in [-0.05, 0) is 37.8 Å². The van der Waals surface area contributed by atoms with Gasteiger partial charge < -0.3 is 10.2 Å². The van der Waals surface area contributed by atoms with Gasteiger partial charge in [0.25, 0.3) is 0 Å². The minimum atomic E-state index is 0.0549. The number of Topliss-reactive ketones (excluding diaryl/α,β-unsaturated/α-hetero) is 1. The Balaban J connectivity index is 1.77. The normalized spacial score (nSPS) is 17.8. The topological polar surface area (TPSA) is 58.1 Å². The third kappa shape index (κ3) is 3.86. The highest BCUT2D eigenvalue weighted by molar-refractivity contribution is 5.95. The summed E-state index contributed by atoms with van der Waals surface area (Å²) in [4.78, 5) is 22.5. The molecule has 3 rings (SSSR count). The fraction of sp³-hybridized carbons (Fsp3) is 0.389. The zero-order valence-corrected chi connectivity index (χ0v) is 13.6. The molecule has 1 unspecified atom stereocenters. The Morgan fingerprint density at radius 3 is 2.96 bits per heavy atom. The number of piperidine rings is 1. The van der Waals surface area contributed by atoms with Crippen LogP contribution in [0.2, 0.25) is 0 Å². The minimum Gasteiger partial charge on any atom is -0.356 e. The molecule has 1 aromatic carbocycles. The molecule has 0 amide bonds. The first kappa shape index (κ1) is 15.5. The molecule has 23 heavy (non-hydrogen) atoms. The summed E-state index contributed by atoms with van der Waals surface area (Å²) in [6.07, 6.45) is 4.07. The number of carbonyl (C=O) groups excluding carboxylic acids is 1. The van der Waals surface area contributed by atoms with Gasteiger partial charge in [0.15, 0.2) is 5.78 Å². The summed E-state index contributed by atoms with van der Waals surface area (Å²) in [7, 11) is 0. The summed E-state index contributed by atoms with van der Waals surface area (Å²) in [6.45, 7) is 5.93. The fourth-order valence-corrected chi connectivity index (χ4v) is 2.95. The van der Waals surface area contributed by atoms with Crippen LogP contribution in [0.15, 0.2) is 36.7 Å². The molecule has 1 fully saturated rings. The average molecular weight is 310 g/mol. The predicted molar refractivity (Wildman–Crippen MR) is 92.4 cm³/mol. The fourth-order valence-electron chi connectivity index (χ4n) is 2.95. The standard InChI is InChI=1S/C18H22N4O/c1-13-5-4-8-22(11-13)18-10-17(19-12-20-18)21-16-7-3-6-15(9-16)14(2)23/h3,6-7,9-10,12-13H,4-5,8,11H2,1-2H3,(H,19,20,21). The Kier molecular flexibility index (Phi) is 4.55. The average Bonchev–Trinajstić information content (AvgIpc) is 2.55. The van der Waals surface area contributed by atoms with Crippen molar-refractivity contribution >= 4 is 23.1 Å². The van der Waals surface area contributed by atoms with E-state index in [1.54, 1.807) is 13.3 Å². The van der Waals surface area contributed by atoms with Gasteiger partial charge in [-0.15, -0.1) is 0 Å². The molecule has 2 aromatic rings. The molecule has 1 saturated heterocycles. The summed E-state index contributed by atoms with van der Waals surface area (Å²) in [5, 5.41) is 3.26. The largest absolute Gasteiger partial charge is 0.356 e. The first-order chi connectivity index (χ1) is 11.1. The highest BCUT2D eigenvalue weighted by Crippen LogP contribution is 2.24. The Labute approximate surface area is 136 Å². The van der Waals surface area contributed by atoms with Gasteiger partial charge in [0, 0.05) is 30.4 Å². The number of benzene rings is 1. The number of hydrogen-bond donors (Lipinski definition) is 1. The van der Waals surface area contributed by atoms with E-state index in [1.165, 1.54) is 12.8 Å². The molecule has 2 heterocycles. The Morgan fingerprint density at radius 2 is 2.17 bits per heavy atom. The molecule has 1 N–H and O–H groups in total. The quantitative estimate of drug-likeness (QED) is 0.873. The maximum absolute atomic E-state index is 11.5. The van der Waals surface area contributed by atoms with Crippen LogP contribution < -0.4 is 10.2 Å². The van der Waals surface area contributed by atoms with E-state index in [9.17, 15) is 4.79 Å². The second kappa shape index (κ2) is 6.77. The van der Waals surface area contributed by atoms with Gasteiger partial charge in [-0.1, -0.05) is 19.1 Å². The van der Waals surface area contributed by atoms with Crippen LogP contribution in [-0.2, 0) is 0 Å². The molecule has 1 aromatic heterocycles. The highest BCUT2D eigenvalue weighted by Gasteiger charge is 2.17. The van der Waals surface area contributed by atoms with Crippen molar-refractivity contribution in [3.8, 4) is 0 Å². The molecule has 0 radical (unpaired) electrons. The first-order valence-corrected chi connectivity index (χ1v) is 8.07. The van der Waals surface area contributed by atoms with Crippen molar-refractivity contribution in [2.45, 2.75) is 26.7 Å². The van der Waals surface area contributed by atoms with Crippen LogP contribution in [0.5, 0.6) is 0 Å². The van der Waals surface area contributed by atoms with Crippen LogP contribution in [0.1, 0.15) is 37.0 Å². The van der Waals surface area contributed by atoms with E-state index in [0.29, 0.717) is 11.5 Å². The number of hydrogen-bond acceptors (Lipinski definition) is 5. The number of aromatic nitrogens is 2. The molecular weight excluding hydrogens is 288 g/mol. The number of carbonyl (C=O) groups is 1. The Morgan fingerprint density at radius 1 is 1.30 bits per heavy atom. The van der Waals surface area contributed by atoms with Gasteiger partial charge >= 0.3 is 0 Å². The van der Waals surface area contributed by atoms with Gasteiger partial charge in [-0.2, -0.15) is 0 Å². The number of rotatable bonds is 4. The van der Waals surface area contributed by atoms with Crippen LogP contribution in [0.4, 0.5) is 17.3 Å². The van der Waals surface area contributed by atoms with E-state index in [0.717, 1.165) is 30.4 Å². The molecule has 0 saturated carbocycles. The van der Waals surface area contributed by atoms with Crippen molar-refractivity contribution in [3.63, 3.8) is 0 Å². The van der Waals surface area contributed by atoms with Crippen LogP contribution in [0.3, 0.4) is 0 Å². The molecular formula is C18H22N4O. The lowest BCUT2D eigenvalue weighted by Gasteiger charge is -2.31. The van der Waals surface area contributed by atoms with Gasteiger partial charge in [-0.25, -0.2) is 9.97 Å². The van der Waals surface area contributed by atoms with Crippen molar-refractivity contribution in [3.05, 3.63) is 42.2 Å². The van der Waals surface area contributed by atoms with Crippen LogP contribution >= 0.6 is 0 Å². The molecule has 5 heteroatoms. The van der Waals surface area contributed by atoms with Gasteiger partial charge in [0.2, 0.25) is 0 Å². The third-order valence-electron chi connectivity index (χ3n) is 4.18. The highest BCUT2D eigenvalue weighted by atomic mass is 16.1. The summed E-state index contributed by atoms with van der Waals surface area (Å²) in [6, 6.07) is 9.42. The monoisotopic (exact) mass is 310 g/mol. The van der Waals surface area contributed by atoms with E-state index < -0.39 is 0 Å². The minimum absolute atomic E-state index is 0.0549. The smallest absolute Gasteiger partial charge is 0.159 e. The van der Waals surface area contributed by atoms with Crippen molar-refractivity contribution < 1.29 is 4.79 Å². The van der Waals surface area contributed by atoms with E-state index >= 15 is 0 Å². The second-order valence-corrected chi connectivity index (χ2v) is 6.22. The number of ketones is 1. The van der Waals surface area contributed by atoms with Gasteiger partial charge in [0.05, 0.1) is 0 Å². The molecule has 0 bridgehead atoms. The van der Waals surface area contributed by atoms with Gasteiger partial charge in [0.1, 0.15) is 18.0 Å². The van der Waals surface area contributed by atoms with E-state index in [1.807, 2.05) is 30.3 Å². The van der Waals surface area contributed by atoms with E-state index in [2.05, 4.69) is 27.1 Å². The van der Waals surface area contributed by atoms with Crippen molar-refractivity contribution in [1.29, 1.82) is 0 Å². The van der Waals surface area contributed by atoms with Crippen LogP contribution in [0.25, 0.3) is 0 Å². The predicted octanol–water partition coefficient (Wildman–Crippen LogP) is 3.66. The van der Waals surface area contributed by atoms with E-state index in [-0.39, 0.29) is 5.78 Å².